The highest BCUT2D eigenvalue weighted by Gasteiger charge is 2.39. The van der Waals surface area contributed by atoms with Crippen LogP contribution in [0.2, 0.25) is 0 Å². The van der Waals surface area contributed by atoms with Crippen molar-refractivity contribution in [3.8, 4) is 0 Å². The molecule has 1 aliphatic heterocycles. The summed E-state index contributed by atoms with van der Waals surface area (Å²) in [6.45, 7) is 5.00. The Hall–Kier alpha value is -0.120. The van der Waals surface area contributed by atoms with Crippen molar-refractivity contribution in [2.75, 3.05) is 26.8 Å². The fourth-order valence-corrected chi connectivity index (χ4v) is 3.48. The Morgan fingerprint density at radius 3 is 2.76 bits per heavy atom. The molecule has 0 aromatic carbocycles. The van der Waals surface area contributed by atoms with E-state index in [0.29, 0.717) is 6.04 Å². The average Bonchev–Trinajstić information content (AvgIpc) is 2.80. The first-order chi connectivity index (χ1) is 8.18. The highest BCUT2D eigenvalue weighted by molar-refractivity contribution is 4.96. The largest absolute Gasteiger partial charge is 0.380 e. The van der Waals surface area contributed by atoms with E-state index in [0.717, 1.165) is 25.7 Å². The van der Waals surface area contributed by atoms with Crippen LogP contribution >= 0.6 is 0 Å². The molecule has 0 aromatic heterocycles. The highest BCUT2D eigenvalue weighted by Crippen LogP contribution is 2.35. The van der Waals surface area contributed by atoms with E-state index in [4.69, 9.17) is 10.5 Å². The topological polar surface area (TPSA) is 38.5 Å². The van der Waals surface area contributed by atoms with Crippen LogP contribution < -0.4 is 5.73 Å². The molecule has 2 fully saturated rings. The zero-order valence-corrected chi connectivity index (χ0v) is 11.5. The number of ether oxygens (including phenoxy) is 1. The minimum Gasteiger partial charge on any atom is -0.380 e. The maximum atomic E-state index is 6.14. The fraction of sp³-hybridized carbons (Fsp3) is 1.00. The summed E-state index contributed by atoms with van der Waals surface area (Å²) in [7, 11) is 2.27. The van der Waals surface area contributed by atoms with Crippen molar-refractivity contribution in [2.45, 2.75) is 57.0 Å². The van der Waals surface area contributed by atoms with Crippen LogP contribution in [0.5, 0.6) is 0 Å². The van der Waals surface area contributed by atoms with Gasteiger partial charge in [-0.05, 0) is 38.6 Å². The molecule has 0 amide bonds. The van der Waals surface area contributed by atoms with E-state index in [-0.39, 0.29) is 5.54 Å². The maximum Gasteiger partial charge on any atom is 0.0622 e. The van der Waals surface area contributed by atoms with Gasteiger partial charge in [-0.25, -0.2) is 0 Å². The second kappa shape index (κ2) is 5.68. The molecule has 0 spiro atoms. The van der Waals surface area contributed by atoms with Crippen molar-refractivity contribution in [1.29, 1.82) is 0 Å². The van der Waals surface area contributed by atoms with E-state index in [1.54, 1.807) is 0 Å². The Morgan fingerprint density at radius 2 is 2.12 bits per heavy atom. The molecule has 0 aromatic rings. The van der Waals surface area contributed by atoms with Crippen LogP contribution in [0.4, 0.5) is 0 Å². The van der Waals surface area contributed by atoms with Crippen molar-refractivity contribution in [3.05, 3.63) is 0 Å². The van der Waals surface area contributed by atoms with Crippen LogP contribution in [-0.4, -0.2) is 43.3 Å². The van der Waals surface area contributed by atoms with Gasteiger partial charge in [0.1, 0.15) is 0 Å². The van der Waals surface area contributed by atoms with Crippen molar-refractivity contribution in [3.63, 3.8) is 0 Å². The minimum atomic E-state index is 0.239. The van der Waals surface area contributed by atoms with Crippen molar-refractivity contribution < 1.29 is 4.74 Å². The van der Waals surface area contributed by atoms with E-state index in [9.17, 15) is 0 Å². The summed E-state index contributed by atoms with van der Waals surface area (Å²) in [5, 5.41) is 0. The monoisotopic (exact) mass is 240 g/mol. The molecule has 0 radical (unpaired) electrons. The molecular formula is C14H28N2O. The molecule has 3 atom stereocenters. The third-order valence-corrected chi connectivity index (χ3v) is 5.02. The lowest BCUT2D eigenvalue weighted by atomic mass is 9.86. The van der Waals surface area contributed by atoms with Gasteiger partial charge in [0.05, 0.1) is 6.61 Å². The van der Waals surface area contributed by atoms with Gasteiger partial charge >= 0.3 is 0 Å². The van der Waals surface area contributed by atoms with Crippen LogP contribution in [0.25, 0.3) is 0 Å². The zero-order valence-electron chi connectivity index (χ0n) is 11.5. The fourth-order valence-electron chi connectivity index (χ4n) is 3.48. The normalized spacial score (nSPS) is 39.5. The van der Waals surface area contributed by atoms with Crippen molar-refractivity contribution in [1.82, 2.24) is 4.90 Å². The van der Waals surface area contributed by atoms with Gasteiger partial charge in [-0.1, -0.05) is 19.8 Å². The highest BCUT2D eigenvalue weighted by atomic mass is 16.5. The lowest BCUT2D eigenvalue weighted by Gasteiger charge is -2.44. The molecule has 2 aliphatic rings. The van der Waals surface area contributed by atoms with Crippen molar-refractivity contribution >= 4 is 0 Å². The number of rotatable bonds is 3. The summed E-state index contributed by atoms with van der Waals surface area (Å²) < 4.78 is 5.53. The number of nitrogens with two attached hydrogens (primary N) is 1. The minimum absolute atomic E-state index is 0.239. The quantitative estimate of drug-likeness (QED) is 0.767. The van der Waals surface area contributed by atoms with Gasteiger partial charge in [-0.3, -0.25) is 4.90 Å². The van der Waals surface area contributed by atoms with E-state index in [2.05, 4.69) is 18.9 Å². The van der Waals surface area contributed by atoms with Gasteiger partial charge in [0.15, 0.2) is 0 Å². The summed E-state index contributed by atoms with van der Waals surface area (Å²) in [4.78, 5) is 2.55. The number of likely N-dealkylation sites (N-methyl/N-ethyl adjacent to an activating group) is 1. The third-order valence-electron chi connectivity index (χ3n) is 5.02. The molecule has 3 heteroatoms. The average molecular weight is 240 g/mol. The molecular weight excluding hydrogens is 212 g/mol. The standard InChI is InChI=1S/C14H28N2O/c1-12-4-3-7-14(11-15,8-5-12)16(2)13-6-9-17-10-13/h12-13H,3-11,15H2,1-2H3. The molecule has 1 saturated heterocycles. The Morgan fingerprint density at radius 1 is 1.29 bits per heavy atom. The van der Waals surface area contributed by atoms with Crippen LogP contribution in [0.3, 0.4) is 0 Å². The summed E-state index contributed by atoms with van der Waals surface area (Å²) >= 11 is 0. The lowest BCUT2D eigenvalue weighted by molar-refractivity contribution is 0.0532. The summed E-state index contributed by atoms with van der Waals surface area (Å²) in [5.41, 5.74) is 6.38. The Balaban J connectivity index is 2.05. The predicted octanol–water partition coefficient (Wildman–Crippen LogP) is 2.00. The Bertz CT molecular complexity index is 240. The number of nitrogens with zero attached hydrogens (tertiary/aromatic N) is 1. The lowest BCUT2D eigenvalue weighted by Crippen LogP contribution is -2.56. The Labute approximate surface area is 106 Å². The number of hydrogen-bond acceptors (Lipinski definition) is 3. The van der Waals surface area contributed by atoms with Crippen molar-refractivity contribution in [2.24, 2.45) is 11.7 Å². The van der Waals surface area contributed by atoms with E-state index in [1.165, 1.54) is 38.5 Å². The second-order valence-electron chi connectivity index (χ2n) is 6.09. The van der Waals surface area contributed by atoms with Gasteiger partial charge < -0.3 is 10.5 Å². The van der Waals surface area contributed by atoms with Gasteiger partial charge in [-0.2, -0.15) is 0 Å². The van der Waals surface area contributed by atoms with Crippen LogP contribution in [0.1, 0.15) is 45.4 Å². The first kappa shape index (κ1) is 13.3. The second-order valence-corrected chi connectivity index (χ2v) is 6.09. The first-order valence-corrected chi connectivity index (χ1v) is 7.19. The van der Waals surface area contributed by atoms with Crippen LogP contribution in [0, 0.1) is 5.92 Å². The molecule has 2 N–H and O–H groups in total. The third kappa shape index (κ3) is 2.83. The molecule has 17 heavy (non-hydrogen) atoms. The van der Waals surface area contributed by atoms with E-state index >= 15 is 0 Å². The van der Waals surface area contributed by atoms with Gasteiger partial charge in [-0.15, -0.1) is 0 Å². The van der Waals surface area contributed by atoms with Crippen LogP contribution in [-0.2, 0) is 4.74 Å². The van der Waals surface area contributed by atoms with E-state index in [1.807, 2.05) is 0 Å². The number of hydrogen-bond donors (Lipinski definition) is 1. The summed E-state index contributed by atoms with van der Waals surface area (Å²) in [6.07, 6.45) is 7.73. The van der Waals surface area contributed by atoms with E-state index < -0.39 is 0 Å². The maximum absolute atomic E-state index is 6.14. The molecule has 1 saturated carbocycles. The van der Waals surface area contributed by atoms with Gasteiger partial charge in [0, 0.05) is 24.7 Å². The molecule has 3 unspecified atom stereocenters. The smallest absolute Gasteiger partial charge is 0.0622 e. The SMILES string of the molecule is CC1CCCC(CN)(N(C)C2CCOC2)CC1. The zero-order chi connectivity index (χ0) is 12.3. The molecule has 100 valence electrons. The summed E-state index contributed by atoms with van der Waals surface area (Å²) in [6, 6.07) is 0.590. The summed E-state index contributed by atoms with van der Waals surface area (Å²) in [5.74, 6) is 0.872. The molecule has 1 aliphatic carbocycles. The Kier molecular flexibility index (Phi) is 4.45. The van der Waals surface area contributed by atoms with Gasteiger partial charge in [0.25, 0.3) is 0 Å². The molecule has 3 nitrogen and oxygen atoms in total. The predicted molar refractivity (Wildman–Crippen MR) is 71.0 cm³/mol. The van der Waals surface area contributed by atoms with Gasteiger partial charge in [0.2, 0.25) is 0 Å². The molecule has 2 rings (SSSR count). The molecule has 1 heterocycles. The molecule has 0 bridgehead atoms. The van der Waals surface area contributed by atoms with Crippen LogP contribution in [0.15, 0.2) is 0 Å². The first-order valence-electron chi connectivity index (χ1n) is 7.19.